The third kappa shape index (κ3) is 4.52. The Morgan fingerprint density at radius 1 is 0.821 bits per heavy atom. The molecule has 0 radical (unpaired) electrons. The molecule has 0 bridgehead atoms. The number of likely N-dealkylation sites (N-methyl/N-ethyl adjacent to an activating group) is 1. The van der Waals surface area contributed by atoms with Gasteiger partial charge in [-0.3, -0.25) is 4.79 Å². The van der Waals surface area contributed by atoms with Gasteiger partial charge in [0, 0.05) is 6.54 Å². The van der Waals surface area contributed by atoms with E-state index in [1.165, 1.54) is 0 Å². The second-order valence-corrected chi connectivity index (χ2v) is 6.34. The zero-order valence-electron chi connectivity index (χ0n) is 16.2. The predicted molar refractivity (Wildman–Crippen MR) is 111 cm³/mol. The van der Waals surface area contributed by atoms with Gasteiger partial charge in [-0.15, -0.1) is 0 Å². The topological polar surface area (TPSA) is 38.8 Å². The molecule has 28 heavy (non-hydrogen) atoms. The van der Waals surface area contributed by atoms with Gasteiger partial charge >= 0.3 is 0 Å². The highest BCUT2D eigenvalue weighted by molar-refractivity contribution is 5.79. The highest BCUT2D eigenvalue weighted by Crippen LogP contribution is 2.29. The summed E-state index contributed by atoms with van der Waals surface area (Å²) in [6.45, 7) is 2.51. The molecule has 4 nitrogen and oxygen atoms in total. The lowest BCUT2D eigenvalue weighted by Gasteiger charge is -2.32. The number of ether oxygens (including phenoxy) is 2. The quantitative estimate of drug-likeness (QED) is 0.572. The number of carbonyl (C=O) groups excluding carboxylic acids is 1. The Hall–Kier alpha value is -3.27. The maximum Gasteiger partial charge on any atom is 0.261 e. The molecule has 0 saturated heterocycles. The van der Waals surface area contributed by atoms with Crippen LogP contribution in [0.4, 0.5) is 0 Å². The Morgan fingerprint density at radius 2 is 1.32 bits per heavy atom. The van der Waals surface area contributed by atoms with Crippen LogP contribution in [-0.2, 0) is 4.79 Å². The van der Waals surface area contributed by atoms with E-state index in [1.807, 2.05) is 66.4 Å². The summed E-state index contributed by atoms with van der Waals surface area (Å²) in [7, 11) is 1.59. The molecule has 0 spiro atoms. The van der Waals surface area contributed by atoms with Gasteiger partial charge in [0.15, 0.2) is 18.1 Å². The van der Waals surface area contributed by atoms with E-state index in [0.717, 1.165) is 11.1 Å². The summed E-state index contributed by atoms with van der Waals surface area (Å²) in [4.78, 5) is 14.9. The highest BCUT2D eigenvalue weighted by atomic mass is 16.5. The zero-order chi connectivity index (χ0) is 19.8. The van der Waals surface area contributed by atoms with E-state index >= 15 is 0 Å². The fourth-order valence-corrected chi connectivity index (χ4v) is 3.29. The number of carbonyl (C=O) groups is 1. The van der Waals surface area contributed by atoms with Gasteiger partial charge in [0.25, 0.3) is 5.91 Å². The molecule has 0 unspecified atom stereocenters. The molecule has 3 aromatic rings. The normalized spacial score (nSPS) is 10.5. The van der Waals surface area contributed by atoms with Crippen LogP contribution in [0.25, 0.3) is 0 Å². The van der Waals surface area contributed by atoms with Gasteiger partial charge in [0.2, 0.25) is 0 Å². The second kappa shape index (κ2) is 9.60. The van der Waals surface area contributed by atoms with Crippen LogP contribution in [-0.4, -0.2) is 31.1 Å². The van der Waals surface area contributed by atoms with Crippen LogP contribution < -0.4 is 9.47 Å². The molecule has 1 amide bonds. The van der Waals surface area contributed by atoms with Gasteiger partial charge in [-0.1, -0.05) is 72.8 Å². The maximum atomic E-state index is 13.1. The SMILES string of the molecule is CCN(C(=O)COc1ccccc1OC)C(c1ccccc1)c1ccccc1. The summed E-state index contributed by atoms with van der Waals surface area (Å²) in [5.74, 6) is 1.09. The van der Waals surface area contributed by atoms with Crippen molar-refractivity contribution >= 4 is 5.91 Å². The number of para-hydroxylation sites is 2. The van der Waals surface area contributed by atoms with Gasteiger partial charge in [0.05, 0.1) is 13.2 Å². The Kier molecular flexibility index (Phi) is 6.68. The highest BCUT2D eigenvalue weighted by Gasteiger charge is 2.25. The molecule has 0 fully saturated rings. The van der Waals surface area contributed by atoms with Gasteiger partial charge < -0.3 is 14.4 Å². The largest absolute Gasteiger partial charge is 0.493 e. The van der Waals surface area contributed by atoms with Crippen molar-refractivity contribution in [2.45, 2.75) is 13.0 Å². The molecule has 3 rings (SSSR count). The van der Waals surface area contributed by atoms with Crippen molar-refractivity contribution < 1.29 is 14.3 Å². The predicted octanol–water partition coefficient (Wildman–Crippen LogP) is 4.71. The lowest BCUT2D eigenvalue weighted by Crippen LogP contribution is -2.38. The van der Waals surface area contributed by atoms with Gasteiger partial charge in [-0.05, 0) is 30.2 Å². The summed E-state index contributed by atoms with van der Waals surface area (Å²) < 4.78 is 11.1. The van der Waals surface area contributed by atoms with Crippen LogP contribution in [0.2, 0.25) is 0 Å². The first-order valence-corrected chi connectivity index (χ1v) is 9.39. The first-order chi connectivity index (χ1) is 13.7. The molecule has 4 heteroatoms. The molecule has 0 aliphatic rings. The number of methoxy groups -OCH3 is 1. The Labute approximate surface area is 166 Å². The van der Waals surface area contributed by atoms with E-state index in [-0.39, 0.29) is 18.6 Å². The molecule has 0 aliphatic heterocycles. The average Bonchev–Trinajstić information content (AvgIpc) is 2.77. The van der Waals surface area contributed by atoms with E-state index in [1.54, 1.807) is 13.2 Å². The van der Waals surface area contributed by atoms with Crippen molar-refractivity contribution in [3.63, 3.8) is 0 Å². The van der Waals surface area contributed by atoms with E-state index in [9.17, 15) is 4.79 Å². The number of hydrogen-bond donors (Lipinski definition) is 0. The molecule has 0 aliphatic carbocycles. The van der Waals surface area contributed by atoms with Crippen LogP contribution in [0.1, 0.15) is 24.1 Å². The van der Waals surface area contributed by atoms with E-state index < -0.39 is 0 Å². The summed E-state index contributed by atoms with van der Waals surface area (Å²) in [5, 5.41) is 0. The van der Waals surface area contributed by atoms with Gasteiger partial charge in [0.1, 0.15) is 0 Å². The number of rotatable bonds is 8. The van der Waals surface area contributed by atoms with Crippen molar-refractivity contribution in [1.29, 1.82) is 0 Å². The number of nitrogens with zero attached hydrogens (tertiary/aromatic N) is 1. The van der Waals surface area contributed by atoms with Crippen LogP contribution in [0, 0.1) is 0 Å². The Morgan fingerprint density at radius 3 is 1.82 bits per heavy atom. The van der Waals surface area contributed by atoms with Crippen molar-refractivity contribution in [2.24, 2.45) is 0 Å². The third-order valence-corrected chi connectivity index (χ3v) is 4.62. The molecule has 3 aromatic carbocycles. The molecule has 0 aromatic heterocycles. The minimum absolute atomic E-state index is 0.0512. The molecule has 0 saturated carbocycles. The molecule has 0 atom stereocenters. The van der Waals surface area contributed by atoms with Crippen LogP contribution in [0.15, 0.2) is 84.9 Å². The van der Waals surface area contributed by atoms with E-state index in [2.05, 4.69) is 24.3 Å². The zero-order valence-corrected chi connectivity index (χ0v) is 16.2. The maximum absolute atomic E-state index is 13.1. The minimum Gasteiger partial charge on any atom is -0.493 e. The smallest absolute Gasteiger partial charge is 0.261 e. The standard InChI is InChI=1S/C24H25NO3/c1-3-25(23(26)18-28-22-17-11-10-16-21(22)27-2)24(19-12-6-4-7-13-19)20-14-8-5-9-15-20/h4-17,24H,3,18H2,1-2H3. The third-order valence-electron chi connectivity index (χ3n) is 4.62. The van der Waals surface area contributed by atoms with Gasteiger partial charge in [-0.2, -0.15) is 0 Å². The van der Waals surface area contributed by atoms with E-state index in [0.29, 0.717) is 18.0 Å². The Balaban J connectivity index is 1.84. The molecule has 144 valence electrons. The van der Waals surface area contributed by atoms with Crippen molar-refractivity contribution in [2.75, 3.05) is 20.3 Å². The lowest BCUT2D eigenvalue weighted by molar-refractivity contribution is -0.134. The molecular weight excluding hydrogens is 350 g/mol. The second-order valence-electron chi connectivity index (χ2n) is 6.34. The lowest BCUT2D eigenvalue weighted by atomic mass is 9.97. The summed E-state index contributed by atoms with van der Waals surface area (Å²) in [5.41, 5.74) is 2.14. The summed E-state index contributed by atoms with van der Waals surface area (Å²) in [6, 6.07) is 27.3. The van der Waals surface area contributed by atoms with Crippen LogP contribution in [0.5, 0.6) is 11.5 Å². The summed E-state index contributed by atoms with van der Waals surface area (Å²) in [6.07, 6.45) is 0. The van der Waals surface area contributed by atoms with Crippen molar-refractivity contribution in [3.05, 3.63) is 96.1 Å². The number of benzene rings is 3. The monoisotopic (exact) mass is 375 g/mol. The number of amides is 1. The number of hydrogen-bond acceptors (Lipinski definition) is 3. The average molecular weight is 375 g/mol. The molecule has 0 heterocycles. The van der Waals surface area contributed by atoms with Crippen molar-refractivity contribution in [3.8, 4) is 11.5 Å². The molecule has 0 N–H and O–H groups in total. The van der Waals surface area contributed by atoms with Crippen LogP contribution in [0.3, 0.4) is 0 Å². The first kappa shape index (κ1) is 19.5. The molecular formula is C24H25NO3. The minimum atomic E-state index is -0.166. The van der Waals surface area contributed by atoms with Gasteiger partial charge in [-0.25, -0.2) is 0 Å². The Bertz CT molecular complexity index is 841. The van der Waals surface area contributed by atoms with Crippen molar-refractivity contribution in [1.82, 2.24) is 4.90 Å². The van der Waals surface area contributed by atoms with Crippen LogP contribution >= 0.6 is 0 Å². The summed E-state index contributed by atoms with van der Waals surface area (Å²) >= 11 is 0. The first-order valence-electron chi connectivity index (χ1n) is 9.39. The fourth-order valence-electron chi connectivity index (χ4n) is 3.29. The van der Waals surface area contributed by atoms with E-state index in [4.69, 9.17) is 9.47 Å². The fraction of sp³-hybridized carbons (Fsp3) is 0.208.